The minimum Gasteiger partial charge on any atom is -0.376 e. The highest BCUT2D eigenvalue weighted by atomic mass is 16.5. The van der Waals surface area contributed by atoms with Gasteiger partial charge in [-0.3, -0.25) is 4.79 Å². The molecule has 2 aliphatic rings. The minimum atomic E-state index is -0.0748. The first kappa shape index (κ1) is 15.6. The van der Waals surface area contributed by atoms with Crippen molar-refractivity contribution in [2.75, 3.05) is 13.2 Å². The molecule has 1 N–H and O–H groups in total. The first-order valence-corrected chi connectivity index (χ1v) is 8.99. The third kappa shape index (κ3) is 2.90. The summed E-state index contributed by atoms with van der Waals surface area (Å²) < 4.78 is 7.78. The number of fused-ring (bicyclic) bond motifs is 3. The number of aryl methyl sites for hydroxylation is 3. The average Bonchev–Trinajstić information content (AvgIpc) is 3.14. The Kier molecular flexibility index (Phi) is 4.22. The predicted molar refractivity (Wildman–Crippen MR) is 91.1 cm³/mol. The lowest BCUT2D eigenvalue weighted by Crippen LogP contribution is -2.32. The maximum absolute atomic E-state index is 12.7. The van der Waals surface area contributed by atoms with Crippen LogP contribution in [0.3, 0.4) is 0 Å². The van der Waals surface area contributed by atoms with Crippen molar-refractivity contribution < 1.29 is 9.53 Å². The van der Waals surface area contributed by atoms with E-state index in [1.807, 2.05) is 13.0 Å². The second kappa shape index (κ2) is 6.51. The standard InChI is InChI=1S/C18H24N4O2/c1-12-10-14(18(23)19-11-13-6-5-9-24-13)16-17(20-12)22-8-4-2-3-7-15(22)21-16/h10,13H,2-9,11H2,1H3,(H,19,23). The summed E-state index contributed by atoms with van der Waals surface area (Å²) in [6, 6.07) is 1.85. The van der Waals surface area contributed by atoms with Crippen molar-refractivity contribution in [1.82, 2.24) is 19.9 Å². The first-order chi connectivity index (χ1) is 11.7. The van der Waals surface area contributed by atoms with Crippen molar-refractivity contribution in [3.63, 3.8) is 0 Å². The van der Waals surface area contributed by atoms with Gasteiger partial charge in [-0.1, -0.05) is 6.42 Å². The van der Waals surface area contributed by atoms with E-state index in [0.29, 0.717) is 12.1 Å². The Morgan fingerprint density at radius 2 is 2.25 bits per heavy atom. The fourth-order valence-electron chi connectivity index (χ4n) is 3.70. The zero-order chi connectivity index (χ0) is 16.5. The molecule has 128 valence electrons. The predicted octanol–water partition coefficient (Wildman–Crippen LogP) is 2.37. The van der Waals surface area contributed by atoms with Crippen LogP contribution in [0.1, 0.15) is 54.0 Å². The molecule has 1 atom stereocenters. The summed E-state index contributed by atoms with van der Waals surface area (Å²) in [4.78, 5) is 22.1. The van der Waals surface area contributed by atoms with Gasteiger partial charge in [0.1, 0.15) is 11.3 Å². The van der Waals surface area contributed by atoms with Gasteiger partial charge in [0.05, 0.1) is 11.7 Å². The van der Waals surface area contributed by atoms with Gasteiger partial charge >= 0.3 is 0 Å². The van der Waals surface area contributed by atoms with Crippen LogP contribution in [0.15, 0.2) is 6.07 Å². The van der Waals surface area contributed by atoms with E-state index in [0.717, 1.165) is 67.9 Å². The van der Waals surface area contributed by atoms with Crippen LogP contribution in [0.5, 0.6) is 0 Å². The number of aromatic nitrogens is 3. The molecule has 0 bridgehead atoms. The third-order valence-corrected chi connectivity index (χ3v) is 4.95. The van der Waals surface area contributed by atoms with E-state index in [-0.39, 0.29) is 12.0 Å². The molecule has 0 aliphatic carbocycles. The summed E-state index contributed by atoms with van der Waals surface area (Å²) in [6.07, 6.45) is 6.73. The molecule has 2 aromatic heterocycles. The number of carbonyl (C=O) groups is 1. The molecule has 0 spiro atoms. The van der Waals surface area contributed by atoms with E-state index in [1.54, 1.807) is 0 Å². The average molecular weight is 328 g/mol. The van der Waals surface area contributed by atoms with Crippen LogP contribution in [-0.4, -0.2) is 39.7 Å². The summed E-state index contributed by atoms with van der Waals surface area (Å²) in [7, 11) is 0. The maximum Gasteiger partial charge on any atom is 0.253 e. The number of nitrogens with one attached hydrogen (secondary N) is 1. The van der Waals surface area contributed by atoms with Gasteiger partial charge in [-0.05, 0) is 38.7 Å². The Morgan fingerprint density at radius 1 is 1.33 bits per heavy atom. The van der Waals surface area contributed by atoms with E-state index in [2.05, 4.69) is 14.9 Å². The molecule has 1 unspecified atom stereocenters. The number of imidazole rings is 1. The van der Waals surface area contributed by atoms with Crippen LogP contribution in [0.25, 0.3) is 11.2 Å². The number of hydrogen-bond acceptors (Lipinski definition) is 4. The largest absolute Gasteiger partial charge is 0.376 e. The monoisotopic (exact) mass is 328 g/mol. The molecule has 1 saturated heterocycles. The van der Waals surface area contributed by atoms with Gasteiger partial charge in [0, 0.05) is 31.8 Å². The van der Waals surface area contributed by atoms with Crippen molar-refractivity contribution in [3.05, 3.63) is 23.1 Å². The Balaban J connectivity index is 1.65. The lowest BCUT2D eigenvalue weighted by molar-refractivity contribution is 0.0859. The molecule has 2 aliphatic heterocycles. The van der Waals surface area contributed by atoms with Gasteiger partial charge in [-0.2, -0.15) is 0 Å². The molecular weight excluding hydrogens is 304 g/mol. The van der Waals surface area contributed by atoms with E-state index in [9.17, 15) is 4.79 Å². The third-order valence-electron chi connectivity index (χ3n) is 4.95. The Bertz CT molecular complexity index is 762. The molecule has 0 aromatic carbocycles. The summed E-state index contributed by atoms with van der Waals surface area (Å²) in [6.45, 7) is 4.24. The van der Waals surface area contributed by atoms with Gasteiger partial charge in [-0.25, -0.2) is 9.97 Å². The van der Waals surface area contributed by atoms with Crippen molar-refractivity contribution in [1.29, 1.82) is 0 Å². The molecule has 1 amide bonds. The number of amides is 1. The molecule has 0 saturated carbocycles. The molecule has 1 fully saturated rings. The highest BCUT2D eigenvalue weighted by Gasteiger charge is 2.22. The summed E-state index contributed by atoms with van der Waals surface area (Å²) in [5, 5.41) is 3.01. The lowest BCUT2D eigenvalue weighted by Gasteiger charge is -2.11. The molecular formula is C18H24N4O2. The molecule has 24 heavy (non-hydrogen) atoms. The fourth-order valence-corrected chi connectivity index (χ4v) is 3.70. The molecule has 4 heterocycles. The van der Waals surface area contributed by atoms with E-state index in [1.165, 1.54) is 6.42 Å². The quantitative estimate of drug-likeness (QED) is 0.939. The number of nitrogens with zero attached hydrogens (tertiary/aromatic N) is 3. The highest BCUT2D eigenvalue weighted by molar-refractivity contribution is 6.04. The van der Waals surface area contributed by atoms with E-state index >= 15 is 0 Å². The van der Waals surface area contributed by atoms with Gasteiger partial charge in [-0.15, -0.1) is 0 Å². The Labute approximate surface area is 141 Å². The van der Waals surface area contributed by atoms with Gasteiger partial charge in [0.15, 0.2) is 5.65 Å². The summed E-state index contributed by atoms with van der Waals surface area (Å²) in [5.74, 6) is 0.989. The highest BCUT2D eigenvalue weighted by Crippen LogP contribution is 2.24. The zero-order valence-corrected chi connectivity index (χ0v) is 14.2. The van der Waals surface area contributed by atoms with Gasteiger partial charge < -0.3 is 14.6 Å². The van der Waals surface area contributed by atoms with Crippen LogP contribution >= 0.6 is 0 Å². The Hall–Kier alpha value is -1.95. The van der Waals surface area contributed by atoms with Crippen molar-refractivity contribution in [2.24, 2.45) is 0 Å². The first-order valence-electron chi connectivity index (χ1n) is 8.99. The second-order valence-corrected chi connectivity index (χ2v) is 6.82. The number of carbonyl (C=O) groups excluding carboxylic acids is 1. The normalized spacial score (nSPS) is 20.8. The number of hydrogen-bond donors (Lipinski definition) is 1. The topological polar surface area (TPSA) is 69.0 Å². The number of ether oxygens (including phenoxy) is 1. The number of pyridine rings is 1. The minimum absolute atomic E-state index is 0.0748. The SMILES string of the molecule is Cc1cc(C(=O)NCC2CCCO2)c2nc3n(c2n1)CCCCC3. The van der Waals surface area contributed by atoms with Crippen LogP contribution in [0.2, 0.25) is 0 Å². The van der Waals surface area contributed by atoms with Crippen molar-refractivity contribution >= 4 is 17.1 Å². The van der Waals surface area contributed by atoms with E-state index < -0.39 is 0 Å². The molecule has 4 rings (SSSR count). The smallest absolute Gasteiger partial charge is 0.253 e. The second-order valence-electron chi connectivity index (χ2n) is 6.82. The molecule has 6 heteroatoms. The van der Waals surface area contributed by atoms with Crippen LogP contribution < -0.4 is 5.32 Å². The number of rotatable bonds is 3. The molecule has 2 aromatic rings. The fraction of sp³-hybridized carbons (Fsp3) is 0.611. The zero-order valence-electron chi connectivity index (χ0n) is 14.2. The van der Waals surface area contributed by atoms with Gasteiger partial charge in [0.2, 0.25) is 0 Å². The van der Waals surface area contributed by atoms with Crippen molar-refractivity contribution in [3.8, 4) is 0 Å². The lowest BCUT2D eigenvalue weighted by atomic mass is 10.1. The summed E-state index contributed by atoms with van der Waals surface area (Å²) in [5.41, 5.74) is 3.09. The van der Waals surface area contributed by atoms with Gasteiger partial charge in [0.25, 0.3) is 5.91 Å². The molecule has 0 radical (unpaired) electrons. The maximum atomic E-state index is 12.7. The Morgan fingerprint density at radius 3 is 3.08 bits per heavy atom. The molecule has 6 nitrogen and oxygen atoms in total. The van der Waals surface area contributed by atoms with Crippen LogP contribution in [0.4, 0.5) is 0 Å². The van der Waals surface area contributed by atoms with Crippen molar-refractivity contribution in [2.45, 2.75) is 58.1 Å². The van der Waals surface area contributed by atoms with Crippen LogP contribution in [-0.2, 0) is 17.7 Å². The summed E-state index contributed by atoms with van der Waals surface area (Å²) >= 11 is 0. The van der Waals surface area contributed by atoms with E-state index in [4.69, 9.17) is 9.72 Å². The van der Waals surface area contributed by atoms with Crippen LogP contribution in [0, 0.1) is 6.92 Å².